The second kappa shape index (κ2) is 6.62. The first-order valence-electron chi connectivity index (χ1n) is 6.93. The van der Waals surface area contributed by atoms with Crippen LogP contribution >= 0.6 is 0 Å². The standard InChI is InChI=1S/C14H28N2O2/c1-13(2,17-4)11-14(3,18-5)16-15-12-9-7-6-8-10-12/h12H,6-11H2,1-5H3. The van der Waals surface area contributed by atoms with E-state index in [0.29, 0.717) is 12.5 Å². The highest BCUT2D eigenvalue weighted by atomic mass is 16.5. The number of rotatable bonds is 6. The minimum atomic E-state index is -0.586. The Morgan fingerprint density at radius 3 is 2.11 bits per heavy atom. The Bertz CT molecular complexity index is 273. The van der Waals surface area contributed by atoms with Gasteiger partial charge in [-0.25, -0.2) is 0 Å². The van der Waals surface area contributed by atoms with Crippen LogP contribution < -0.4 is 0 Å². The molecule has 4 nitrogen and oxygen atoms in total. The number of azo groups is 1. The summed E-state index contributed by atoms with van der Waals surface area (Å²) < 4.78 is 11.0. The van der Waals surface area contributed by atoms with Crippen LogP contribution in [0.15, 0.2) is 10.2 Å². The molecule has 0 aliphatic heterocycles. The summed E-state index contributed by atoms with van der Waals surface area (Å²) in [4.78, 5) is 0. The topological polar surface area (TPSA) is 43.2 Å². The quantitative estimate of drug-likeness (QED) is 0.675. The fourth-order valence-electron chi connectivity index (χ4n) is 2.41. The molecule has 18 heavy (non-hydrogen) atoms. The van der Waals surface area contributed by atoms with Gasteiger partial charge in [0.05, 0.1) is 11.6 Å². The molecule has 0 bridgehead atoms. The van der Waals surface area contributed by atoms with Gasteiger partial charge < -0.3 is 9.47 Å². The first-order valence-corrected chi connectivity index (χ1v) is 6.93. The van der Waals surface area contributed by atoms with Crippen LogP contribution in [0.1, 0.15) is 59.3 Å². The lowest BCUT2D eigenvalue weighted by Crippen LogP contribution is -2.37. The van der Waals surface area contributed by atoms with Crippen molar-refractivity contribution in [3.63, 3.8) is 0 Å². The number of ether oxygens (including phenoxy) is 2. The molecule has 0 heterocycles. The van der Waals surface area contributed by atoms with Gasteiger partial charge in [0.25, 0.3) is 0 Å². The van der Waals surface area contributed by atoms with Crippen molar-refractivity contribution in [1.82, 2.24) is 0 Å². The van der Waals surface area contributed by atoms with Crippen molar-refractivity contribution in [1.29, 1.82) is 0 Å². The zero-order valence-corrected chi connectivity index (χ0v) is 12.5. The molecule has 0 aromatic rings. The minimum absolute atomic E-state index is 0.254. The van der Waals surface area contributed by atoms with Gasteiger partial charge in [0.1, 0.15) is 0 Å². The molecule has 1 unspecified atom stereocenters. The van der Waals surface area contributed by atoms with Crippen LogP contribution in [0.4, 0.5) is 0 Å². The molecule has 1 atom stereocenters. The Kier molecular flexibility index (Phi) is 5.73. The molecule has 4 heteroatoms. The molecule has 0 amide bonds. The molecule has 1 fully saturated rings. The average molecular weight is 256 g/mol. The van der Waals surface area contributed by atoms with Crippen LogP contribution in [-0.2, 0) is 9.47 Å². The van der Waals surface area contributed by atoms with Gasteiger partial charge in [-0.1, -0.05) is 19.3 Å². The van der Waals surface area contributed by atoms with Gasteiger partial charge in [-0.2, -0.15) is 10.2 Å². The molecule has 0 N–H and O–H groups in total. The van der Waals surface area contributed by atoms with Crippen LogP contribution in [-0.4, -0.2) is 31.6 Å². The van der Waals surface area contributed by atoms with E-state index < -0.39 is 5.72 Å². The van der Waals surface area contributed by atoms with Gasteiger partial charge in [-0.3, -0.25) is 0 Å². The normalized spacial score (nSPS) is 22.3. The summed E-state index contributed by atoms with van der Waals surface area (Å²) in [5.41, 5.74) is -0.840. The van der Waals surface area contributed by atoms with Crippen LogP contribution in [0.2, 0.25) is 0 Å². The van der Waals surface area contributed by atoms with E-state index >= 15 is 0 Å². The number of hydrogen-bond acceptors (Lipinski definition) is 4. The van der Waals surface area contributed by atoms with E-state index in [4.69, 9.17) is 9.47 Å². The Morgan fingerprint density at radius 2 is 1.61 bits per heavy atom. The molecule has 0 aromatic carbocycles. The van der Waals surface area contributed by atoms with Crippen molar-refractivity contribution in [3.05, 3.63) is 0 Å². The van der Waals surface area contributed by atoms with Crippen molar-refractivity contribution < 1.29 is 9.47 Å². The van der Waals surface area contributed by atoms with Crippen molar-refractivity contribution in [3.8, 4) is 0 Å². The summed E-state index contributed by atoms with van der Waals surface area (Å²) >= 11 is 0. The molecule has 0 saturated heterocycles. The molecule has 106 valence electrons. The third-order valence-corrected chi connectivity index (χ3v) is 3.75. The highest BCUT2D eigenvalue weighted by Gasteiger charge is 2.33. The minimum Gasteiger partial charge on any atom is -0.379 e. The third-order valence-electron chi connectivity index (χ3n) is 3.75. The van der Waals surface area contributed by atoms with E-state index in [9.17, 15) is 0 Å². The van der Waals surface area contributed by atoms with Crippen LogP contribution in [0.5, 0.6) is 0 Å². The molecular formula is C14H28N2O2. The molecule has 1 rings (SSSR count). The second-order valence-corrected chi connectivity index (χ2v) is 6.03. The lowest BCUT2D eigenvalue weighted by atomic mass is 9.96. The van der Waals surface area contributed by atoms with E-state index in [-0.39, 0.29) is 5.60 Å². The number of nitrogens with zero attached hydrogens (tertiary/aromatic N) is 2. The summed E-state index contributed by atoms with van der Waals surface area (Å²) in [6.45, 7) is 6.06. The van der Waals surface area contributed by atoms with Crippen molar-refractivity contribution in [2.75, 3.05) is 14.2 Å². The average Bonchev–Trinajstić information content (AvgIpc) is 2.37. The lowest BCUT2D eigenvalue weighted by molar-refractivity contribution is -0.0780. The van der Waals surface area contributed by atoms with Gasteiger partial charge in [0.15, 0.2) is 5.72 Å². The maximum absolute atomic E-state index is 5.53. The summed E-state index contributed by atoms with van der Waals surface area (Å²) in [5, 5.41) is 8.94. The molecular weight excluding hydrogens is 228 g/mol. The summed E-state index contributed by atoms with van der Waals surface area (Å²) in [6, 6.07) is 0.388. The van der Waals surface area contributed by atoms with Crippen molar-refractivity contribution >= 4 is 0 Å². The van der Waals surface area contributed by atoms with Crippen molar-refractivity contribution in [2.24, 2.45) is 10.2 Å². The Hall–Kier alpha value is -0.480. The third kappa shape index (κ3) is 5.02. The van der Waals surface area contributed by atoms with Gasteiger partial charge >= 0.3 is 0 Å². The molecule has 1 aliphatic carbocycles. The van der Waals surface area contributed by atoms with Gasteiger partial charge in [-0.05, 0) is 33.6 Å². The largest absolute Gasteiger partial charge is 0.379 e. The smallest absolute Gasteiger partial charge is 0.178 e. The zero-order valence-electron chi connectivity index (χ0n) is 12.5. The van der Waals surface area contributed by atoms with Gasteiger partial charge in [0, 0.05) is 20.6 Å². The first-order chi connectivity index (χ1) is 8.41. The number of hydrogen-bond donors (Lipinski definition) is 0. The summed E-state index contributed by atoms with van der Waals surface area (Å²) in [7, 11) is 3.40. The van der Waals surface area contributed by atoms with Crippen LogP contribution in [0.25, 0.3) is 0 Å². The van der Waals surface area contributed by atoms with E-state index in [1.54, 1.807) is 14.2 Å². The molecule has 1 saturated carbocycles. The van der Waals surface area contributed by atoms with Gasteiger partial charge in [0.2, 0.25) is 0 Å². The highest BCUT2D eigenvalue weighted by molar-refractivity contribution is 4.82. The summed E-state index contributed by atoms with van der Waals surface area (Å²) in [5.74, 6) is 0. The highest BCUT2D eigenvalue weighted by Crippen LogP contribution is 2.29. The molecule has 1 aliphatic rings. The zero-order chi connectivity index (χ0) is 13.6. The lowest BCUT2D eigenvalue weighted by Gasteiger charge is -2.32. The van der Waals surface area contributed by atoms with E-state index in [1.165, 1.54) is 19.3 Å². The monoisotopic (exact) mass is 256 g/mol. The van der Waals surface area contributed by atoms with E-state index in [1.807, 2.05) is 20.8 Å². The molecule has 0 aromatic heterocycles. The Balaban J connectivity index is 2.60. The number of methoxy groups -OCH3 is 2. The molecule has 0 radical (unpaired) electrons. The first kappa shape index (κ1) is 15.6. The Labute approximate surface area is 111 Å². The van der Waals surface area contributed by atoms with Crippen LogP contribution in [0, 0.1) is 0 Å². The fourth-order valence-corrected chi connectivity index (χ4v) is 2.41. The second-order valence-electron chi connectivity index (χ2n) is 6.03. The SMILES string of the molecule is COC(C)(C)CC(C)(N=NC1CCCCC1)OC. The Morgan fingerprint density at radius 1 is 1.00 bits per heavy atom. The maximum atomic E-state index is 5.53. The van der Waals surface area contributed by atoms with E-state index in [0.717, 1.165) is 12.8 Å². The van der Waals surface area contributed by atoms with Crippen LogP contribution in [0.3, 0.4) is 0 Å². The summed E-state index contributed by atoms with van der Waals surface area (Å²) in [6.07, 6.45) is 6.91. The predicted octanol–water partition coefficient (Wildman–Crippen LogP) is 3.95. The predicted molar refractivity (Wildman–Crippen MR) is 72.8 cm³/mol. The van der Waals surface area contributed by atoms with E-state index in [2.05, 4.69) is 10.2 Å². The van der Waals surface area contributed by atoms with Gasteiger partial charge in [-0.15, -0.1) is 0 Å². The fraction of sp³-hybridized carbons (Fsp3) is 1.00. The molecule has 0 spiro atoms. The van der Waals surface area contributed by atoms with Crippen molar-refractivity contribution in [2.45, 2.75) is 76.7 Å². The maximum Gasteiger partial charge on any atom is 0.178 e.